The van der Waals surface area contributed by atoms with Crippen LogP contribution in [0.15, 0.2) is 68.6 Å². The molecule has 1 aliphatic rings. The Balaban J connectivity index is 0.0000120. The Morgan fingerprint density at radius 1 is 0.612 bits per heavy atom. The van der Waals surface area contributed by atoms with Crippen molar-refractivity contribution >= 4 is 38.0 Å². The fourth-order valence-corrected chi connectivity index (χ4v) is 20.9. The quantitative estimate of drug-likeness (QED) is 0.0718. The maximum Gasteiger partial charge on any atom is 0.0942 e. The van der Waals surface area contributed by atoms with E-state index in [0.29, 0.717) is 11.8 Å². The van der Waals surface area contributed by atoms with E-state index in [0.717, 1.165) is 6.67 Å². The first-order valence-corrected chi connectivity index (χ1v) is 32.7. The van der Waals surface area contributed by atoms with E-state index < -0.39 is 32.3 Å². The molecule has 0 unspecified atom stereocenters. The highest BCUT2D eigenvalue weighted by atomic mass is 79.9. The van der Waals surface area contributed by atoms with Crippen LogP contribution >= 0.6 is 0 Å². The minimum absolute atomic E-state index is 0. The van der Waals surface area contributed by atoms with Crippen molar-refractivity contribution in [2.75, 3.05) is 18.1 Å². The summed E-state index contributed by atoms with van der Waals surface area (Å²) in [5, 5.41) is 0. The van der Waals surface area contributed by atoms with Crippen LogP contribution < -0.4 is 21.9 Å². The SMILES string of the molecule is C=CC[Si](C)(C)CCC[Si](CCCN1C=CN(c2c(C(C)C)cccc2C(C)C)C1)(CCC[Si](C)(C)CC=C)CCC[Si](C)(C)CC=C.[Br-]. The van der Waals surface area contributed by atoms with E-state index in [2.05, 4.69) is 145 Å². The third kappa shape index (κ3) is 16.1. The molecule has 2 rings (SSSR count). The Hall–Kier alpha value is -0.872. The molecule has 0 fully saturated rings. The Kier molecular flexibility index (Phi) is 20.3. The van der Waals surface area contributed by atoms with Gasteiger partial charge in [-0.2, -0.15) is 0 Å². The molecule has 280 valence electrons. The average Bonchev–Trinajstić information content (AvgIpc) is 3.44. The molecule has 1 aliphatic heterocycles. The second-order valence-electron chi connectivity index (χ2n) is 18.5. The smallest absolute Gasteiger partial charge is 0.0942 e. The van der Waals surface area contributed by atoms with Crippen molar-refractivity contribution < 1.29 is 17.0 Å². The summed E-state index contributed by atoms with van der Waals surface area (Å²) in [5.41, 5.74) is 4.41. The van der Waals surface area contributed by atoms with Crippen LogP contribution in [0.5, 0.6) is 0 Å². The van der Waals surface area contributed by atoms with E-state index in [9.17, 15) is 0 Å². The average molecular weight is 803 g/mol. The number of hydrogen-bond donors (Lipinski definition) is 0. The molecule has 0 aliphatic carbocycles. The molecule has 0 atom stereocenters. The summed E-state index contributed by atoms with van der Waals surface area (Å²) in [5.74, 6) is 1.04. The molecule has 0 N–H and O–H groups in total. The molecule has 1 aromatic rings. The van der Waals surface area contributed by atoms with Crippen LogP contribution in [0.1, 0.15) is 76.3 Å². The van der Waals surface area contributed by atoms with Gasteiger partial charge in [-0.15, -0.1) is 19.7 Å². The van der Waals surface area contributed by atoms with Gasteiger partial charge >= 0.3 is 0 Å². The lowest BCUT2D eigenvalue weighted by Gasteiger charge is -2.36. The lowest BCUT2D eigenvalue weighted by molar-refractivity contribution is -0.0000112. The van der Waals surface area contributed by atoms with Gasteiger partial charge in [0.1, 0.15) is 0 Å². The Morgan fingerprint density at radius 3 is 1.37 bits per heavy atom. The van der Waals surface area contributed by atoms with Gasteiger partial charge < -0.3 is 26.8 Å². The summed E-state index contributed by atoms with van der Waals surface area (Å²) in [6.45, 7) is 39.5. The normalized spacial score (nSPS) is 14.1. The molecule has 0 saturated carbocycles. The number of allylic oxidation sites excluding steroid dienone is 3. The van der Waals surface area contributed by atoms with Gasteiger partial charge in [-0.05, 0) is 47.5 Å². The van der Waals surface area contributed by atoms with E-state index in [1.165, 1.54) is 91.4 Å². The number of rotatable bonds is 25. The second kappa shape index (κ2) is 21.6. The maximum absolute atomic E-state index is 4.11. The lowest BCUT2D eigenvalue weighted by atomic mass is 9.92. The third-order valence-corrected chi connectivity index (χ3v) is 26.3. The molecule has 49 heavy (non-hydrogen) atoms. The fraction of sp³-hybridized carbons (Fsp3) is 0.667. The van der Waals surface area contributed by atoms with Crippen molar-refractivity contribution in [2.24, 2.45) is 0 Å². The molecule has 0 bridgehead atoms. The number of para-hydroxylation sites is 1. The molecule has 7 heteroatoms. The molecule has 0 spiro atoms. The molecule has 0 radical (unpaired) electrons. The van der Waals surface area contributed by atoms with Gasteiger partial charge in [0.15, 0.2) is 0 Å². The second-order valence-corrected chi connectivity index (χ2v) is 39.2. The first-order valence-electron chi connectivity index (χ1n) is 19.6. The number of hydrogen-bond acceptors (Lipinski definition) is 2. The van der Waals surface area contributed by atoms with Crippen LogP contribution in [0.2, 0.25) is 99.7 Å². The van der Waals surface area contributed by atoms with Crippen molar-refractivity contribution in [1.29, 1.82) is 0 Å². The first-order chi connectivity index (χ1) is 22.5. The van der Waals surface area contributed by atoms with E-state index in [1.54, 1.807) is 18.1 Å². The molecule has 0 saturated heterocycles. The van der Waals surface area contributed by atoms with Gasteiger partial charge in [-0.1, -0.05) is 165 Å². The lowest BCUT2D eigenvalue weighted by Crippen LogP contribution is -3.00. The van der Waals surface area contributed by atoms with Gasteiger partial charge in [0.05, 0.1) is 39.0 Å². The largest absolute Gasteiger partial charge is 1.00 e. The van der Waals surface area contributed by atoms with Crippen molar-refractivity contribution in [1.82, 2.24) is 4.90 Å². The molecule has 1 heterocycles. The minimum Gasteiger partial charge on any atom is -1.00 e. The van der Waals surface area contributed by atoms with Crippen molar-refractivity contribution in [3.63, 3.8) is 0 Å². The molecule has 1 aromatic carbocycles. The van der Waals surface area contributed by atoms with Crippen LogP contribution in [0.3, 0.4) is 0 Å². The van der Waals surface area contributed by atoms with Gasteiger partial charge in [0.2, 0.25) is 0 Å². The highest BCUT2D eigenvalue weighted by Crippen LogP contribution is 2.39. The van der Waals surface area contributed by atoms with Crippen LogP contribution in [0.25, 0.3) is 0 Å². The summed E-state index contributed by atoms with van der Waals surface area (Å²) in [6, 6.07) is 21.3. The Bertz CT molecular complexity index is 1080. The predicted octanol–water partition coefficient (Wildman–Crippen LogP) is 11.2. The molecule has 2 nitrogen and oxygen atoms in total. The summed E-state index contributed by atoms with van der Waals surface area (Å²) < 4.78 is 0. The van der Waals surface area contributed by atoms with Crippen molar-refractivity contribution in [3.8, 4) is 0 Å². The van der Waals surface area contributed by atoms with E-state index >= 15 is 0 Å². The number of nitrogens with zero attached hydrogens (tertiary/aromatic N) is 2. The number of halogens is 1. The molecular weight excluding hydrogens is 725 g/mol. The topological polar surface area (TPSA) is 6.48 Å². The summed E-state index contributed by atoms with van der Waals surface area (Å²) in [6.07, 6.45) is 17.1. The predicted molar refractivity (Wildman–Crippen MR) is 233 cm³/mol. The fourth-order valence-electron chi connectivity index (χ4n) is 8.31. The zero-order valence-electron chi connectivity index (χ0n) is 34.0. The van der Waals surface area contributed by atoms with Crippen LogP contribution in [-0.2, 0) is 0 Å². The Morgan fingerprint density at radius 2 is 1.00 bits per heavy atom. The van der Waals surface area contributed by atoms with Crippen LogP contribution in [-0.4, -0.2) is 50.4 Å². The zero-order chi connectivity index (χ0) is 36.0. The monoisotopic (exact) mass is 801 g/mol. The maximum atomic E-state index is 4.11. The standard InChI is InChI=1S/C42H78N2Si4.BrH/c1-14-27-45(8,9)30-19-34-48(35-20-31-46(10,11)28-15-2,36-21-32-47(12,13)29-16-3)33-18-24-43-25-26-44(37-43)42-40(38(4)5)22-17-23-41(42)39(6)7;/h14-17,22-23,25-26,38-39H,1-3,18-21,24,27-37H2,4-13H3;1H/p-1. The zero-order valence-corrected chi connectivity index (χ0v) is 39.6. The summed E-state index contributed by atoms with van der Waals surface area (Å²) in [4.78, 5) is 5.15. The van der Waals surface area contributed by atoms with Gasteiger partial charge in [-0.25, -0.2) is 0 Å². The van der Waals surface area contributed by atoms with E-state index in [-0.39, 0.29) is 17.0 Å². The third-order valence-electron chi connectivity index (χ3n) is 11.3. The summed E-state index contributed by atoms with van der Waals surface area (Å²) in [7, 11) is -5.02. The van der Waals surface area contributed by atoms with Gasteiger partial charge in [0.25, 0.3) is 0 Å². The Labute approximate surface area is 320 Å². The highest BCUT2D eigenvalue weighted by Gasteiger charge is 2.34. The van der Waals surface area contributed by atoms with Gasteiger partial charge in [-0.3, -0.25) is 0 Å². The van der Waals surface area contributed by atoms with Crippen molar-refractivity contribution in [3.05, 3.63) is 79.7 Å². The van der Waals surface area contributed by atoms with E-state index in [1.807, 2.05) is 0 Å². The van der Waals surface area contributed by atoms with Crippen LogP contribution in [0, 0.1) is 0 Å². The number of benzene rings is 1. The molecular formula is C42H78BrN2Si4-. The minimum atomic E-state index is -1.44. The highest BCUT2D eigenvalue weighted by molar-refractivity contribution is 6.82. The van der Waals surface area contributed by atoms with E-state index in [4.69, 9.17) is 0 Å². The van der Waals surface area contributed by atoms with Crippen molar-refractivity contribution in [2.45, 2.75) is 165 Å². The number of anilines is 1. The van der Waals surface area contributed by atoms with Crippen LogP contribution in [0.4, 0.5) is 5.69 Å². The summed E-state index contributed by atoms with van der Waals surface area (Å²) >= 11 is 0. The first kappa shape index (κ1) is 46.1. The molecule has 0 aromatic heterocycles. The van der Waals surface area contributed by atoms with Gasteiger partial charge in [0, 0.05) is 24.6 Å². The molecule has 0 amide bonds.